The molecule has 0 saturated carbocycles. The Morgan fingerprint density at radius 1 is 1.44 bits per heavy atom. The van der Waals surface area contributed by atoms with Crippen molar-refractivity contribution in [3.8, 4) is 0 Å². The molecule has 3 amide bonds. The van der Waals surface area contributed by atoms with Gasteiger partial charge in [0.15, 0.2) is 15.7 Å². The molecule has 0 aromatic carbocycles. The zero-order valence-electron chi connectivity index (χ0n) is 17.7. The number of alkyl halides is 1. The predicted molar refractivity (Wildman–Crippen MR) is 117 cm³/mol. The molecule has 0 bridgehead atoms. The maximum atomic E-state index is 13.0. The Kier molecular flexibility index (Phi) is 8.29. The minimum absolute atomic E-state index is 0.0505. The van der Waals surface area contributed by atoms with Crippen LogP contribution in [0.4, 0.5) is 5.13 Å². The SMILES string of the molecule is CON=C(C(=O)NC1(SC)CON(OC(=O)C2CCC(=O)O2)C1=O)c1csc(NC(=O)CCl)n1. The van der Waals surface area contributed by atoms with Gasteiger partial charge >= 0.3 is 17.8 Å². The van der Waals surface area contributed by atoms with Crippen molar-refractivity contribution >= 4 is 75.2 Å². The lowest BCUT2D eigenvalue weighted by molar-refractivity contribution is -0.306. The third-order valence-electron chi connectivity index (χ3n) is 4.39. The number of nitrogens with zero attached hydrogens (tertiary/aromatic N) is 3. The molecule has 2 unspecified atom stereocenters. The van der Waals surface area contributed by atoms with Gasteiger partial charge in [-0.3, -0.25) is 19.2 Å². The van der Waals surface area contributed by atoms with Crippen molar-refractivity contribution in [2.24, 2.45) is 5.16 Å². The van der Waals surface area contributed by atoms with Crippen molar-refractivity contribution in [2.45, 2.75) is 23.8 Å². The highest BCUT2D eigenvalue weighted by atomic mass is 35.5. The van der Waals surface area contributed by atoms with Gasteiger partial charge in [-0.15, -0.1) is 34.7 Å². The Balaban J connectivity index is 1.71. The highest BCUT2D eigenvalue weighted by Crippen LogP contribution is 2.30. The summed E-state index contributed by atoms with van der Waals surface area (Å²) in [6, 6.07) is 0. The molecule has 34 heavy (non-hydrogen) atoms. The number of oxime groups is 1. The number of rotatable bonds is 9. The monoisotopic (exact) mass is 535 g/mol. The standard InChI is InChI=1S/C17H18ClN5O9S2/c1-29-22-12(8-6-34-16(19-8)20-10(24)5-18)13(26)21-17(33-2)7-30-23(15(17)28)32-14(27)9-3-4-11(25)31-9/h6,9H,3-5,7H2,1-2H3,(H,21,26)(H,19,20,24). The molecule has 2 saturated heterocycles. The van der Waals surface area contributed by atoms with E-state index in [2.05, 4.69) is 20.8 Å². The van der Waals surface area contributed by atoms with Crippen molar-refractivity contribution in [3.05, 3.63) is 11.1 Å². The summed E-state index contributed by atoms with van der Waals surface area (Å²) in [4.78, 5) is 77.9. The molecule has 184 valence electrons. The van der Waals surface area contributed by atoms with Gasteiger partial charge < -0.3 is 25.0 Å². The number of anilines is 1. The number of cyclic esters (lactones) is 1. The number of esters is 1. The van der Waals surface area contributed by atoms with Crippen LogP contribution in [0.15, 0.2) is 10.5 Å². The molecule has 0 spiro atoms. The van der Waals surface area contributed by atoms with Crippen LogP contribution in [0.5, 0.6) is 0 Å². The highest BCUT2D eigenvalue weighted by molar-refractivity contribution is 8.00. The number of nitrogens with one attached hydrogen (secondary N) is 2. The van der Waals surface area contributed by atoms with Gasteiger partial charge in [0.1, 0.15) is 25.3 Å². The molecule has 3 rings (SSSR count). The summed E-state index contributed by atoms with van der Waals surface area (Å²) in [5.74, 6) is -4.06. The van der Waals surface area contributed by atoms with Crippen LogP contribution in [0, 0.1) is 0 Å². The molecule has 2 fully saturated rings. The number of amides is 3. The minimum atomic E-state index is -1.68. The Bertz CT molecular complexity index is 1030. The first-order chi connectivity index (χ1) is 16.2. The third-order valence-corrected chi connectivity index (χ3v) is 6.48. The molecule has 2 aliphatic heterocycles. The Hall–Kier alpha value is -2.95. The van der Waals surface area contributed by atoms with E-state index >= 15 is 0 Å². The molecule has 1 aromatic heterocycles. The number of hydrogen-bond acceptors (Lipinski definition) is 13. The summed E-state index contributed by atoms with van der Waals surface area (Å²) >= 11 is 7.38. The van der Waals surface area contributed by atoms with Gasteiger partial charge in [-0.2, -0.15) is 0 Å². The smallest absolute Gasteiger partial charge is 0.375 e. The average molecular weight is 536 g/mol. The second kappa shape index (κ2) is 11.0. The lowest BCUT2D eigenvalue weighted by Crippen LogP contribution is -2.55. The van der Waals surface area contributed by atoms with Crippen LogP contribution in [0.3, 0.4) is 0 Å². The molecule has 14 nitrogen and oxygen atoms in total. The van der Waals surface area contributed by atoms with Crippen LogP contribution >= 0.6 is 34.7 Å². The summed E-state index contributed by atoms with van der Waals surface area (Å²) in [6.07, 6.45) is 0.541. The van der Waals surface area contributed by atoms with E-state index in [9.17, 15) is 24.0 Å². The normalized spacial score (nSPS) is 22.4. The van der Waals surface area contributed by atoms with E-state index in [1.807, 2.05) is 0 Å². The van der Waals surface area contributed by atoms with Gasteiger partial charge in [0.05, 0.1) is 0 Å². The number of thiazole rings is 1. The van der Waals surface area contributed by atoms with E-state index in [0.717, 1.165) is 23.1 Å². The summed E-state index contributed by atoms with van der Waals surface area (Å²) in [5, 5.41) is 10.5. The fourth-order valence-electron chi connectivity index (χ4n) is 2.73. The zero-order chi connectivity index (χ0) is 24.9. The van der Waals surface area contributed by atoms with E-state index in [1.54, 1.807) is 0 Å². The second-order valence-electron chi connectivity index (χ2n) is 6.59. The van der Waals surface area contributed by atoms with Crippen LogP contribution in [0.1, 0.15) is 18.5 Å². The van der Waals surface area contributed by atoms with Crippen LogP contribution < -0.4 is 10.6 Å². The molecule has 0 radical (unpaired) electrons. The average Bonchev–Trinajstić information content (AvgIpc) is 3.53. The first-order valence-corrected chi connectivity index (χ1v) is 12.1. The lowest BCUT2D eigenvalue weighted by atomic mass is 10.2. The van der Waals surface area contributed by atoms with E-state index in [4.69, 9.17) is 30.9 Å². The van der Waals surface area contributed by atoms with Gasteiger partial charge in [0.2, 0.25) is 12.0 Å². The summed E-state index contributed by atoms with van der Waals surface area (Å²) in [7, 11) is 1.21. The number of hydroxylamine groups is 2. The van der Waals surface area contributed by atoms with E-state index in [1.165, 1.54) is 18.7 Å². The first-order valence-electron chi connectivity index (χ1n) is 9.42. The van der Waals surface area contributed by atoms with Crippen molar-refractivity contribution in [3.63, 3.8) is 0 Å². The van der Waals surface area contributed by atoms with Gasteiger partial charge in [0.25, 0.3) is 5.91 Å². The van der Waals surface area contributed by atoms with Crippen LogP contribution in [0.25, 0.3) is 0 Å². The lowest BCUT2D eigenvalue weighted by Gasteiger charge is -2.23. The highest BCUT2D eigenvalue weighted by Gasteiger charge is 2.53. The first kappa shape index (κ1) is 25.7. The molecule has 0 aliphatic carbocycles. The molecule has 2 aliphatic rings. The molecule has 3 heterocycles. The Morgan fingerprint density at radius 2 is 2.21 bits per heavy atom. The van der Waals surface area contributed by atoms with Gasteiger partial charge in [-0.05, 0) is 11.5 Å². The fraction of sp³-hybridized carbons (Fsp3) is 0.471. The minimum Gasteiger partial charge on any atom is -0.450 e. The second-order valence-corrected chi connectivity index (χ2v) is 8.82. The van der Waals surface area contributed by atoms with Crippen LogP contribution in [-0.4, -0.2) is 82.4 Å². The summed E-state index contributed by atoms with van der Waals surface area (Å²) < 4.78 is 4.80. The topological polar surface area (TPSA) is 175 Å². The molecule has 2 atom stereocenters. The number of aromatic nitrogens is 1. The fourth-order valence-corrected chi connectivity index (χ4v) is 4.13. The van der Waals surface area contributed by atoms with Crippen molar-refractivity contribution in [2.75, 3.05) is 31.2 Å². The van der Waals surface area contributed by atoms with Gasteiger partial charge in [0, 0.05) is 18.2 Å². The van der Waals surface area contributed by atoms with Crippen molar-refractivity contribution in [1.82, 2.24) is 15.5 Å². The molecule has 17 heteroatoms. The number of halogens is 1. The predicted octanol–water partition coefficient (Wildman–Crippen LogP) is -0.216. The van der Waals surface area contributed by atoms with Crippen LogP contribution in [-0.2, 0) is 43.2 Å². The Morgan fingerprint density at radius 3 is 2.82 bits per heavy atom. The number of hydrogen-bond donors (Lipinski definition) is 2. The number of carbonyl (C=O) groups excluding carboxylic acids is 5. The van der Waals surface area contributed by atoms with Gasteiger partial charge in [-0.1, -0.05) is 5.16 Å². The summed E-state index contributed by atoms with van der Waals surface area (Å²) in [6.45, 7) is -0.384. The van der Waals surface area contributed by atoms with Gasteiger partial charge in [-0.25, -0.2) is 14.6 Å². The quantitative estimate of drug-likeness (QED) is 0.141. The van der Waals surface area contributed by atoms with E-state index in [0.29, 0.717) is 5.23 Å². The largest absolute Gasteiger partial charge is 0.450 e. The maximum Gasteiger partial charge on any atom is 0.375 e. The van der Waals surface area contributed by atoms with Crippen molar-refractivity contribution < 1.29 is 43.2 Å². The zero-order valence-corrected chi connectivity index (χ0v) is 20.1. The molecular formula is C17H18ClN5O9S2. The maximum absolute atomic E-state index is 13.0. The summed E-state index contributed by atoms with van der Waals surface area (Å²) in [5.41, 5.74) is -0.233. The Labute approximate surface area is 205 Å². The molecule has 1 aromatic rings. The third kappa shape index (κ3) is 5.57. The number of carbonyl (C=O) groups is 5. The molecule has 2 N–H and O–H groups in total. The van der Waals surface area contributed by atoms with Crippen molar-refractivity contribution in [1.29, 1.82) is 0 Å². The van der Waals surface area contributed by atoms with E-state index in [-0.39, 0.29) is 41.9 Å². The molecular weight excluding hydrogens is 518 g/mol. The van der Waals surface area contributed by atoms with Crippen LogP contribution in [0.2, 0.25) is 0 Å². The number of thioether (sulfide) groups is 1. The van der Waals surface area contributed by atoms with E-state index < -0.39 is 40.6 Å². The number of ether oxygens (including phenoxy) is 1.